The van der Waals surface area contributed by atoms with E-state index in [1.165, 1.54) is 19.3 Å². The smallest absolute Gasteiger partial charge is 0.253 e. The lowest BCUT2D eigenvalue weighted by Gasteiger charge is -2.40. The molecule has 2 aliphatic rings. The molecule has 1 aliphatic heterocycles. The predicted molar refractivity (Wildman–Crippen MR) is 192 cm³/mol. The highest BCUT2D eigenvalue weighted by molar-refractivity contribution is 5.75. The molecule has 4 atom stereocenters. The maximum Gasteiger partial charge on any atom is 0.253 e. The average Bonchev–Trinajstić information content (AvgIpc) is 3.13. The number of nitrogens with one attached hydrogen (secondary N) is 2. The van der Waals surface area contributed by atoms with Crippen molar-refractivity contribution in [2.24, 2.45) is 11.8 Å². The lowest BCUT2D eigenvalue weighted by atomic mass is 9.83. The van der Waals surface area contributed by atoms with Gasteiger partial charge in [-0.15, -0.1) is 0 Å². The number of anilines is 2. The van der Waals surface area contributed by atoms with E-state index in [1.807, 2.05) is 36.4 Å². The number of ether oxygens (including phenoxy) is 3. The molecule has 9 heteroatoms. The number of rotatable bonds is 18. The molecule has 262 valence electrons. The van der Waals surface area contributed by atoms with Gasteiger partial charge < -0.3 is 34.9 Å². The molecule has 3 aromatic rings. The van der Waals surface area contributed by atoms with Gasteiger partial charge in [0.05, 0.1) is 32.5 Å². The van der Waals surface area contributed by atoms with Crippen molar-refractivity contribution < 1.29 is 19.3 Å². The molecule has 0 amide bonds. The lowest BCUT2D eigenvalue weighted by molar-refractivity contribution is 0.00454. The molecule has 5 rings (SSSR count). The minimum atomic E-state index is -0.764. The van der Waals surface area contributed by atoms with Crippen molar-refractivity contribution in [3.63, 3.8) is 0 Å². The first-order valence-corrected chi connectivity index (χ1v) is 18.0. The Morgan fingerprint density at radius 2 is 1.67 bits per heavy atom. The van der Waals surface area contributed by atoms with Crippen LogP contribution in [0.3, 0.4) is 0 Å². The highest BCUT2D eigenvalue weighted by Crippen LogP contribution is 2.36. The Balaban J connectivity index is 1.30. The van der Waals surface area contributed by atoms with Gasteiger partial charge in [0.2, 0.25) is 0 Å². The summed E-state index contributed by atoms with van der Waals surface area (Å²) in [5, 5.41) is 18.4. The van der Waals surface area contributed by atoms with Gasteiger partial charge in [-0.05, 0) is 54.9 Å². The van der Waals surface area contributed by atoms with Crippen LogP contribution in [0.25, 0.3) is 0 Å². The summed E-state index contributed by atoms with van der Waals surface area (Å²) >= 11 is 0. The molecule has 0 radical (unpaired) electrons. The molecule has 3 N–H and O–H groups in total. The first-order valence-electron chi connectivity index (χ1n) is 18.0. The van der Waals surface area contributed by atoms with Crippen molar-refractivity contribution >= 4 is 11.4 Å². The molecule has 1 saturated carbocycles. The van der Waals surface area contributed by atoms with E-state index in [4.69, 9.17) is 14.2 Å². The van der Waals surface area contributed by atoms with Crippen molar-refractivity contribution in [1.82, 2.24) is 5.32 Å². The zero-order chi connectivity index (χ0) is 33.9. The van der Waals surface area contributed by atoms with Crippen molar-refractivity contribution in [3.05, 3.63) is 80.1 Å². The summed E-state index contributed by atoms with van der Waals surface area (Å²) in [6.45, 7) is 5.06. The summed E-state index contributed by atoms with van der Waals surface area (Å²) in [4.78, 5) is 28.4. The minimum absolute atomic E-state index is 0.0695. The highest BCUT2D eigenvalue weighted by Gasteiger charge is 2.35. The van der Waals surface area contributed by atoms with Gasteiger partial charge in [0.1, 0.15) is 22.9 Å². The summed E-state index contributed by atoms with van der Waals surface area (Å²) in [7, 11) is 3.25. The summed E-state index contributed by atoms with van der Waals surface area (Å²) in [5.41, 5.74) is 2.05. The third-order valence-corrected chi connectivity index (χ3v) is 10.2. The Morgan fingerprint density at radius 3 is 2.35 bits per heavy atom. The minimum Gasteiger partial charge on any atom is -0.497 e. The maximum atomic E-state index is 13.2. The molecule has 1 unspecified atom stereocenters. The number of aliphatic hydroxyl groups excluding tert-OH is 1. The van der Waals surface area contributed by atoms with E-state index < -0.39 is 17.0 Å². The van der Waals surface area contributed by atoms with Crippen LogP contribution in [0.4, 0.5) is 11.4 Å². The topological polar surface area (TPSA) is 109 Å². The van der Waals surface area contributed by atoms with E-state index in [9.17, 15) is 14.7 Å². The van der Waals surface area contributed by atoms with Crippen LogP contribution >= 0.6 is 0 Å². The number of methoxy groups -OCH3 is 2. The summed E-state index contributed by atoms with van der Waals surface area (Å²) in [6, 6.07) is 15.7. The normalized spacial score (nSPS) is 19.2. The van der Waals surface area contributed by atoms with Crippen LogP contribution in [0, 0.1) is 11.8 Å². The summed E-state index contributed by atoms with van der Waals surface area (Å²) < 4.78 is 17.3. The monoisotopic (exact) mass is 661 g/mol. The van der Waals surface area contributed by atoms with Crippen LogP contribution in [0.5, 0.6) is 11.5 Å². The van der Waals surface area contributed by atoms with Gasteiger partial charge in [0.15, 0.2) is 0 Å². The molecule has 0 spiro atoms. The Hall–Kier alpha value is -3.40. The fraction of sp³-hybridized carbons (Fsp3) is 0.590. The second-order valence-corrected chi connectivity index (χ2v) is 13.7. The highest BCUT2D eigenvalue weighted by atomic mass is 16.5. The number of benzene rings is 2. The molecule has 0 aromatic heterocycles. The average molecular weight is 662 g/mol. The van der Waals surface area contributed by atoms with Crippen molar-refractivity contribution in [2.75, 3.05) is 50.7 Å². The Labute approximate surface area is 285 Å². The zero-order valence-electron chi connectivity index (χ0n) is 29.0. The van der Waals surface area contributed by atoms with E-state index in [1.54, 1.807) is 14.2 Å². The standard InChI is InChI=1S/C39H55N3O6/c1-4-5-19-48-39(29-15-10-7-11-16-29)30-17-12-18-42(26-30)36-35(37(44)38(36)45)41-33(22-27-13-8-6-9-14-27)34(43)25-40-24-28-20-31(46-2)23-32(21-28)47-3/h7,10-11,15-16,20-21,23,27,30,33-34,39-41,43H,4-6,8-9,12-14,17-19,22,24-26H2,1-3H3/t30?,33-,34+,39-/m0/s1. The fourth-order valence-corrected chi connectivity index (χ4v) is 7.53. The van der Waals surface area contributed by atoms with Crippen LogP contribution in [-0.2, 0) is 11.3 Å². The Morgan fingerprint density at radius 1 is 0.938 bits per heavy atom. The number of nitrogens with zero attached hydrogens (tertiary/aromatic N) is 1. The fourth-order valence-electron chi connectivity index (χ4n) is 7.53. The summed E-state index contributed by atoms with van der Waals surface area (Å²) in [5.74, 6) is 2.07. The zero-order valence-corrected chi connectivity index (χ0v) is 29.0. The van der Waals surface area contributed by atoms with Gasteiger partial charge in [0.25, 0.3) is 10.9 Å². The van der Waals surface area contributed by atoms with Crippen LogP contribution in [0.15, 0.2) is 58.1 Å². The third-order valence-electron chi connectivity index (χ3n) is 10.2. The van der Waals surface area contributed by atoms with E-state index in [-0.39, 0.29) is 18.1 Å². The molecule has 48 heavy (non-hydrogen) atoms. The quantitative estimate of drug-likeness (QED) is 0.112. The van der Waals surface area contributed by atoms with Crippen molar-refractivity contribution in [1.29, 1.82) is 0 Å². The van der Waals surface area contributed by atoms with Crippen LogP contribution in [0.2, 0.25) is 0 Å². The Kier molecular flexibility index (Phi) is 13.3. The summed E-state index contributed by atoms with van der Waals surface area (Å²) in [6.07, 6.45) is 9.74. The molecule has 3 aromatic carbocycles. The largest absolute Gasteiger partial charge is 0.497 e. The molecular formula is C39H55N3O6. The molecular weight excluding hydrogens is 606 g/mol. The molecule has 9 nitrogen and oxygen atoms in total. The van der Waals surface area contributed by atoms with Crippen LogP contribution in [0.1, 0.15) is 88.4 Å². The maximum absolute atomic E-state index is 13.2. The third kappa shape index (κ3) is 9.18. The van der Waals surface area contributed by atoms with Gasteiger partial charge in [-0.3, -0.25) is 9.59 Å². The number of hydrogen-bond acceptors (Lipinski definition) is 9. The molecule has 2 fully saturated rings. The van der Waals surface area contributed by atoms with Gasteiger partial charge in [-0.1, -0.05) is 75.8 Å². The molecule has 1 heterocycles. The van der Waals surface area contributed by atoms with Gasteiger partial charge in [0, 0.05) is 44.8 Å². The second kappa shape index (κ2) is 17.8. The van der Waals surface area contributed by atoms with Gasteiger partial charge in [-0.25, -0.2) is 0 Å². The van der Waals surface area contributed by atoms with Crippen molar-refractivity contribution in [2.45, 2.75) is 95.9 Å². The second-order valence-electron chi connectivity index (χ2n) is 13.7. The van der Waals surface area contributed by atoms with E-state index in [2.05, 4.69) is 34.6 Å². The number of unbranched alkanes of at least 4 members (excludes halogenated alkanes) is 1. The predicted octanol–water partition coefficient (Wildman–Crippen LogP) is 5.98. The number of piperidine rings is 1. The number of hydrogen-bond donors (Lipinski definition) is 3. The number of aliphatic hydroxyl groups is 1. The van der Waals surface area contributed by atoms with Crippen LogP contribution in [-0.4, -0.2) is 57.7 Å². The van der Waals surface area contributed by atoms with Crippen LogP contribution < -0.4 is 35.9 Å². The van der Waals surface area contributed by atoms with Gasteiger partial charge >= 0.3 is 0 Å². The first-order chi connectivity index (χ1) is 23.4. The van der Waals surface area contributed by atoms with E-state index >= 15 is 0 Å². The van der Waals surface area contributed by atoms with E-state index in [0.29, 0.717) is 61.6 Å². The molecule has 1 saturated heterocycles. The lowest BCUT2D eigenvalue weighted by Crippen LogP contribution is -2.50. The molecule has 0 bridgehead atoms. The van der Waals surface area contributed by atoms with Gasteiger partial charge in [-0.2, -0.15) is 0 Å². The Bertz CT molecular complexity index is 1460. The molecule has 1 aliphatic carbocycles. The SMILES string of the molecule is CCCCO[C@@H](c1ccccc1)C1CCCN(c2c(N[C@@H](CC3CCCCC3)[C@H](O)CNCc3cc(OC)cc(OC)c3)c(=O)c2=O)C1. The van der Waals surface area contributed by atoms with E-state index in [0.717, 1.165) is 56.1 Å². The van der Waals surface area contributed by atoms with Crippen molar-refractivity contribution in [3.8, 4) is 11.5 Å². The first kappa shape index (κ1) is 35.9.